The predicted molar refractivity (Wildman–Crippen MR) is 61.4 cm³/mol. The average molecular weight is 285 g/mol. The second-order valence-electron chi connectivity index (χ2n) is 2.64. The Hall–Kier alpha value is -0.710. The Kier molecular flexibility index (Phi) is 5.12. The molecule has 7 heteroatoms. The lowest BCUT2D eigenvalue weighted by Gasteiger charge is -2.07. The van der Waals surface area contributed by atoms with E-state index in [0.717, 1.165) is 0 Å². The Morgan fingerprint density at radius 1 is 1.38 bits per heavy atom. The normalized spacial score (nSPS) is 10.0. The van der Waals surface area contributed by atoms with Gasteiger partial charge < -0.3 is 9.47 Å². The number of pyridine rings is 1. The summed E-state index contributed by atoms with van der Waals surface area (Å²) >= 11 is 17.1. The molecule has 1 aromatic heterocycles. The minimum Gasteiger partial charge on any atom is -0.465 e. The van der Waals surface area contributed by atoms with E-state index in [1.165, 1.54) is 6.07 Å². The molecule has 0 saturated heterocycles. The van der Waals surface area contributed by atoms with Crippen LogP contribution in [0, 0.1) is 0 Å². The van der Waals surface area contributed by atoms with Gasteiger partial charge >= 0.3 is 5.97 Å². The zero-order valence-corrected chi connectivity index (χ0v) is 10.6. The summed E-state index contributed by atoms with van der Waals surface area (Å²) in [6, 6.07) is 1.39. The van der Waals surface area contributed by atoms with Gasteiger partial charge in [-0.2, -0.15) is 4.98 Å². The van der Waals surface area contributed by atoms with Crippen molar-refractivity contribution in [3.05, 3.63) is 21.3 Å². The largest absolute Gasteiger partial charge is 0.465 e. The quantitative estimate of drug-likeness (QED) is 0.630. The van der Waals surface area contributed by atoms with Crippen molar-refractivity contribution in [2.24, 2.45) is 0 Å². The molecule has 1 rings (SSSR count). The molecule has 88 valence electrons. The molecule has 1 aromatic rings. The summed E-state index contributed by atoms with van der Waals surface area (Å²) in [4.78, 5) is 14.8. The van der Waals surface area contributed by atoms with E-state index in [2.05, 4.69) is 9.72 Å². The number of halogens is 3. The van der Waals surface area contributed by atoms with Crippen LogP contribution in [-0.4, -0.2) is 24.2 Å². The van der Waals surface area contributed by atoms with E-state index >= 15 is 0 Å². The van der Waals surface area contributed by atoms with E-state index in [1.807, 2.05) is 0 Å². The Bertz CT molecular complexity index is 398. The van der Waals surface area contributed by atoms with Crippen LogP contribution in [0.1, 0.15) is 6.92 Å². The highest BCUT2D eigenvalue weighted by molar-refractivity contribution is 6.42. The van der Waals surface area contributed by atoms with Gasteiger partial charge in [0, 0.05) is 0 Å². The standard InChI is InChI=1S/C9H8Cl3NO3/c1-2-15-7(14)4-16-9-6(11)3-5(10)8(12)13-9/h3H,2,4H2,1H3. The minimum absolute atomic E-state index is 0.0455. The fourth-order valence-electron chi connectivity index (χ4n) is 0.860. The summed E-state index contributed by atoms with van der Waals surface area (Å²) in [6.45, 7) is 1.70. The molecule has 0 aliphatic rings. The van der Waals surface area contributed by atoms with Gasteiger partial charge in [0.05, 0.1) is 11.6 Å². The second kappa shape index (κ2) is 6.13. The van der Waals surface area contributed by atoms with Gasteiger partial charge in [-0.3, -0.25) is 0 Å². The number of aromatic nitrogens is 1. The summed E-state index contributed by atoms with van der Waals surface area (Å²) in [7, 11) is 0. The maximum Gasteiger partial charge on any atom is 0.344 e. The fraction of sp³-hybridized carbons (Fsp3) is 0.333. The molecular weight excluding hydrogens is 276 g/mol. The van der Waals surface area contributed by atoms with Gasteiger partial charge in [0.2, 0.25) is 5.88 Å². The SMILES string of the molecule is CCOC(=O)COc1nc(Cl)c(Cl)cc1Cl. The number of carbonyl (C=O) groups excluding carboxylic acids is 1. The van der Waals surface area contributed by atoms with Crippen molar-refractivity contribution in [2.45, 2.75) is 6.92 Å². The fourth-order valence-corrected chi connectivity index (χ4v) is 1.40. The molecule has 0 bridgehead atoms. The van der Waals surface area contributed by atoms with Crippen LogP contribution < -0.4 is 4.74 Å². The van der Waals surface area contributed by atoms with E-state index in [0.29, 0.717) is 0 Å². The van der Waals surface area contributed by atoms with Crippen LogP contribution in [0.4, 0.5) is 0 Å². The summed E-state index contributed by atoms with van der Waals surface area (Å²) in [5.41, 5.74) is 0. The molecule has 0 spiro atoms. The number of rotatable bonds is 4. The van der Waals surface area contributed by atoms with Crippen molar-refractivity contribution in [1.82, 2.24) is 4.98 Å². The molecule has 4 nitrogen and oxygen atoms in total. The van der Waals surface area contributed by atoms with Gasteiger partial charge in [0.25, 0.3) is 0 Å². The maximum absolute atomic E-state index is 11.0. The van der Waals surface area contributed by atoms with Crippen LogP contribution in [0.25, 0.3) is 0 Å². The Labute approximate surface area is 107 Å². The lowest BCUT2D eigenvalue weighted by molar-refractivity contribution is -0.145. The minimum atomic E-state index is -0.508. The number of carbonyl (C=O) groups is 1. The zero-order chi connectivity index (χ0) is 12.1. The molecule has 0 unspecified atom stereocenters. The molecule has 0 aliphatic carbocycles. The average Bonchev–Trinajstić information content (AvgIpc) is 2.22. The van der Waals surface area contributed by atoms with Crippen molar-refractivity contribution in [3.63, 3.8) is 0 Å². The molecule has 0 atom stereocenters. The molecule has 0 amide bonds. The third kappa shape index (κ3) is 3.70. The first-order chi connectivity index (χ1) is 7.54. The van der Waals surface area contributed by atoms with E-state index < -0.39 is 5.97 Å². The van der Waals surface area contributed by atoms with Crippen molar-refractivity contribution < 1.29 is 14.3 Å². The smallest absolute Gasteiger partial charge is 0.344 e. The van der Waals surface area contributed by atoms with Crippen LogP contribution in [-0.2, 0) is 9.53 Å². The lowest BCUT2D eigenvalue weighted by Crippen LogP contribution is -2.15. The highest BCUT2D eigenvalue weighted by atomic mass is 35.5. The van der Waals surface area contributed by atoms with Crippen LogP contribution in [0.2, 0.25) is 15.2 Å². The van der Waals surface area contributed by atoms with Gasteiger partial charge in [-0.15, -0.1) is 0 Å². The molecule has 0 aromatic carbocycles. The van der Waals surface area contributed by atoms with Gasteiger partial charge in [-0.25, -0.2) is 4.79 Å². The Morgan fingerprint density at radius 2 is 2.06 bits per heavy atom. The van der Waals surface area contributed by atoms with Crippen molar-refractivity contribution in [1.29, 1.82) is 0 Å². The van der Waals surface area contributed by atoms with E-state index in [-0.39, 0.29) is 34.3 Å². The van der Waals surface area contributed by atoms with Gasteiger partial charge in [-0.05, 0) is 13.0 Å². The number of nitrogens with zero attached hydrogens (tertiary/aromatic N) is 1. The summed E-state index contributed by atoms with van der Waals surface area (Å²) in [5.74, 6) is -0.462. The van der Waals surface area contributed by atoms with E-state index in [1.54, 1.807) is 6.92 Å². The summed E-state index contributed by atoms with van der Waals surface area (Å²) in [6.07, 6.45) is 0. The monoisotopic (exact) mass is 283 g/mol. The van der Waals surface area contributed by atoms with E-state index in [4.69, 9.17) is 39.5 Å². The van der Waals surface area contributed by atoms with Crippen LogP contribution in [0.3, 0.4) is 0 Å². The van der Waals surface area contributed by atoms with Crippen LogP contribution in [0.15, 0.2) is 6.07 Å². The maximum atomic E-state index is 11.0. The first-order valence-electron chi connectivity index (χ1n) is 4.34. The van der Waals surface area contributed by atoms with Gasteiger partial charge in [-0.1, -0.05) is 34.8 Å². The second-order valence-corrected chi connectivity index (χ2v) is 3.81. The van der Waals surface area contributed by atoms with Crippen molar-refractivity contribution in [2.75, 3.05) is 13.2 Å². The van der Waals surface area contributed by atoms with E-state index in [9.17, 15) is 4.79 Å². The predicted octanol–water partition coefficient (Wildman–Crippen LogP) is 2.98. The topological polar surface area (TPSA) is 48.4 Å². The molecule has 0 N–H and O–H groups in total. The third-order valence-corrected chi connectivity index (χ3v) is 2.43. The summed E-state index contributed by atoms with van der Waals surface area (Å²) in [5, 5.41) is 0.457. The third-order valence-electron chi connectivity index (χ3n) is 1.49. The van der Waals surface area contributed by atoms with Gasteiger partial charge in [0.1, 0.15) is 5.02 Å². The zero-order valence-electron chi connectivity index (χ0n) is 8.30. The van der Waals surface area contributed by atoms with Gasteiger partial charge in [0.15, 0.2) is 11.8 Å². The number of hydrogen-bond donors (Lipinski definition) is 0. The molecule has 0 radical (unpaired) electrons. The number of ether oxygens (including phenoxy) is 2. The molecule has 0 saturated carbocycles. The van der Waals surface area contributed by atoms with Crippen molar-refractivity contribution >= 4 is 40.8 Å². The lowest BCUT2D eigenvalue weighted by atomic mass is 10.5. The Balaban J connectivity index is 2.67. The van der Waals surface area contributed by atoms with Crippen LogP contribution >= 0.6 is 34.8 Å². The Morgan fingerprint density at radius 3 is 2.69 bits per heavy atom. The first-order valence-corrected chi connectivity index (χ1v) is 5.48. The highest BCUT2D eigenvalue weighted by Gasteiger charge is 2.11. The molecule has 16 heavy (non-hydrogen) atoms. The molecule has 1 heterocycles. The van der Waals surface area contributed by atoms with Crippen molar-refractivity contribution in [3.8, 4) is 5.88 Å². The number of esters is 1. The molecule has 0 aliphatic heterocycles. The first kappa shape index (κ1) is 13.4. The summed E-state index contributed by atoms with van der Waals surface area (Å²) < 4.78 is 9.69. The van der Waals surface area contributed by atoms with Crippen LogP contribution in [0.5, 0.6) is 5.88 Å². The molecule has 0 fully saturated rings. The molecular formula is C9H8Cl3NO3. The number of hydrogen-bond acceptors (Lipinski definition) is 4. The highest BCUT2D eigenvalue weighted by Crippen LogP contribution is 2.30.